The van der Waals surface area contributed by atoms with E-state index in [2.05, 4.69) is 25.9 Å². The Bertz CT molecular complexity index is 750. The Labute approximate surface area is 164 Å². The average molecular weight is 390 g/mol. The maximum Gasteiger partial charge on any atom is 0.271 e. The summed E-state index contributed by atoms with van der Waals surface area (Å²) in [4.78, 5) is 33.2. The van der Waals surface area contributed by atoms with E-state index in [0.29, 0.717) is 10.6 Å². The molecule has 1 aliphatic heterocycles. The summed E-state index contributed by atoms with van der Waals surface area (Å²) in [7, 11) is 3.12. The van der Waals surface area contributed by atoms with Crippen LogP contribution in [0.15, 0.2) is 46.0 Å². The molecule has 1 heterocycles. The van der Waals surface area contributed by atoms with Crippen molar-refractivity contribution in [3.63, 3.8) is 0 Å². The third kappa shape index (κ3) is 6.30. The van der Waals surface area contributed by atoms with Crippen molar-refractivity contribution in [3.05, 3.63) is 46.6 Å². The third-order valence-corrected chi connectivity index (χ3v) is 4.37. The highest BCUT2D eigenvalue weighted by molar-refractivity contribution is 6.46. The van der Waals surface area contributed by atoms with Crippen LogP contribution in [-0.4, -0.2) is 57.0 Å². The lowest BCUT2D eigenvalue weighted by atomic mass is 10.1. The lowest BCUT2D eigenvalue weighted by Gasteiger charge is -2.24. The van der Waals surface area contributed by atoms with Crippen molar-refractivity contribution in [2.75, 3.05) is 27.2 Å². The van der Waals surface area contributed by atoms with Crippen LogP contribution in [0.25, 0.3) is 0 Å². The largest absolute Gasteiger partial charge is 0.348 e. The second-order valence-corrected chi connectivity index (χ2v) is 6.46. The molecule has 1 aliphatic rings. The van der Waals surface area contributed by atoms with E-state index in [9.17, 15) is 9.59 Å². The summed E-state index contributed by atoms with van der Waals surface area (Å²) in [5.41, 5.74) is 0.859. The highest BCUT2D eigenvalue weighted by Crippen LogP contribution is 2.10. The number of hydrogen-bond donors (Lipinski definition) is 3. The van der Waals surface area contributed by atoms with Gasteiger partial charge in [0.05, 0.1) is 5.70 Å². The van der Waals surface area contributed by atoms with Gasteiger partial charge in [-0.3, -0.25) is 19.6 Å². The van der Waals surface area contributed by atoms with Gasteiger partial charge in [0.2, 0.25) is 0 Å². The van der Waals surface area contributed by atoms with E-state index >= 15 is 0 Å². The van der Waals surface area contributed by atoms with Crippen molar-refractivity contribution >= 4 is 35.3 Å². The minimum absolute atomic E-state index is 0.0866. The Kier molecular flexibility index (Phi) is 8.16. The van der Waals surface area contributed by atoms with Gasteiger partial charge in [-0.15, -0.1) is 0 Å². The molecule has 0 saturated carbocycles. The Morgan fingerprint density at radius 1 is 1.19 bits per heavy atom. The van der Waals surface area contributed by atoms with E-state index in [1.165, 1.54) is 13.3 Å². The van der Waals surface area contributed by atoms with Gasteiger partial charge in [-0.05, 0) is 56.3 Å². The molecular weight excluding hydrogens is 366 g/mol. The summed E-state index contributed by atoms with van der Waals surface area (Å²) in [6.07, 6.45) is 4.77. The molecule has 0 aliphatic carbocycles. The Balaban J connectivity index is 2.15. The van der Waals surface area contributed by atoms with Crippen LogP contribution in [0.1, 0.15) is 23.2 Å². The first kappa shape index (κ1) is 20.8. The fourth-order valence-electron chi connectivity index (χ4n) is 2.69. The van der Waals surface area contributed by atoms with Gasteiger partial charge in [0.15, 0.2) is 0 Å². The minimum Gasteiger partial charge on any atom is -0.348 e. The number of amides is 2. The maximum atomic E-state index is 12.7. The Morgan fingerprint density at radius 3 is 2.44 bits per heavy atom. The van der Waals surface area contributed by atoms with Crippen LogP contribution in [0.4, 0.5) is 0 Å². The second kappa shape index (κ2) is 10.6. The number of piperidine rings is 1. The predicted octanol–water partition coefficient (Wildman–Crippen LogP) is 1.59. The van der Waals surface area contributed by atoms with E-state index in [4.69, 9.17) is 11.6 Å². The van der Waals surface area contributed by atoms with Crippen molar-refractivity contribution in [1.82, 2.24) is 16.0 Å². The summed E-state index contributed by atoms with van der Waals surface area (Å²) in [6, 6.07) is 6.57. The summed E-state index contributed by atoms with van der Waals surface area (Å²) in [5.74, 6) is -0.685. The lowest BCUT2D eigenvalue weighted by Crippen LogP contribution is -2.46. The second-order valence-electron chi connectivity index (χ2n) is 6.02. The first-order valence-corrected chi connectivity index (χ1v) is 9.11. The standard InChI is InChI=1S/C19H24ClN5O2/c1-21-10-9-16(25-18(26)13-3-5-14(20)6-4-13)17(22-2)19(27)24-15-7-11-23-12-8-15/h3-6,9-10,15,23H,7-8,11-12H2,1-2H3,(H,24,27)(H,25,26)/b16-9+,21-10?,22-17?. The minimum atomic E-state index is -0.363. The van der Waals surface area contributed by atoms with E-state index in [-0.39, 0.29) is 29.3 Å². The number of rotatable bonds is 6. The smallest absolute Gasteiger partial charge is 0.271 e. The number of nitrogens with one attached hydrogen (secondary N) is 3. The third-order valence-electron chi connectivity index (χ3n) is 4.11. The molecule has 0 atom stereocenters. The normalized spacial score (nSPS) is 16.4. The molecule has 3 N–H and O–H groups in total. The Hall–Kier alpha value is -2.51. The first-order valence-electron chi connectivity index (χ1n) is 8.73. The van der Waals surface area contributed by atoms with Crippen LogP contribution in [0.2, 0.25) is 5.02 Å². The molecule has 7 nitrogen and oxygen atoms in total. The predicted molar refractivity (Wildman–Crippen MR) is 109 cm³/mol. The van der Waals surface area contributed by atoms with Crippen molar-refractivity contribution in [2.45, 2.75) is 18.9 Å². The van der Waals surface area contributed by atoms with Gasteiger partial charge in [-0.2, -0.15) is 0 Å². The summed E-state index contributed by atoms with van der Waals surface area (Å²) < 4.78 is 0. The van der Waals surface area contributed by atoms with Gasteiger partial charge in [0.1, 0.15) is 5.71 Å². The van der Waals surface area contributed by atoms with E-state index < -0.39 is 0 Å². The fourth-order valence-corrected chi connectivity index (χ4v) is 2.81. The number of halogens is 1. The van der Waals surface area contributed by atoms with Crippen molar-refractivity contribution in [1.29, 1.82) is 0 Å². The number of allylic oxidation sites excluding steroid dienone is 1. The van der Waals surface area contributed by atoms with Crippen LogP contribution in [-0.2, 0) is 4.79 Å². The van der Waals surface area contributed by atoms with Crippen molar-refractivity contribution in [2.24, 2.45) is 9.98 Å². The monoisotopic (exact) mass is 389 g/mol. The van der Waals surface area contributed by atoms with Crippen LogP contribution >= 0.6 is 11.6 Å². The van der Waals surface area contributed by atoms with Gasteiger partial charge in [-0.1, -0.05) is 11.6 Å². The molecule has 0 radical (unpaired) electrons. The zero-order valence-corrected chi connectivity index (χ0v) is 16.2. The number of aliphatic imine (C=N–C) groups is 2. The van der Waals surface area contributed by atoms with Gasteiger partial charge < -0.3 is 16.0 Å². The molecule has 144 valence electrons. The first-order chi connectivity index (χ1) is 13.0. The Morgan fingerprint density at radius 2 is 1.85 bits per heavy atom. The molecular formula is C19H24ClN5O2. The summed E-state index contributed by atoms with van der Waals surface area (Å²) in [6.45, 7) is 1.73. The molecule has 0 spiro atoms. The fraction of sp³-hybridized carbons (Fsp3) is 0.368. The van der Waals surface area contributed by atoms with Crippen LogP contribution in [0.5, 0.6) is 0 Å². The van der Waals surface area contributed by atoms with E-state index in [1.807, 2.05) is 0 Å². The molecule has 8 heteroatoms. The molecule has 0 aromatic heterocycles. The molecule has 0 bridgehead atoms. The SMILES string of the molecule is CN=C/C=C(/NC(=O)c1ccc(Cl)cc1)C(=NC)C(=O)NC1CCNCC1. The number of benzene rings is 1. The molecule has 27 heavy (non-hydrogen) atoms. The highest BCUT2D eigenvalue weighted by Gasteiger charge is 2.22. The van der Waals surface area contributed by atoms with Gasteiger partial charge in [0, 0.05) is 36.9 Å². The molecule has 1 fully saturated rings. The van der Waals surface area contributed by atoms with E-state index in [0.717, 1.165) is 25.9 Å². The van der Waals surface area contributed by atoms with Crippen molar-refractivity contribution < 1.29 is 9.59 Å². The van der Waals surface area contributed by atoms with Crippen LogP contribution in [0, 0.1) is 0 Å². The molecule has 1 saturated heterocycles. The quantitative estimate of drug-likeness (QED) is 0.645. The van der Waals surface area contributed by atoms with E-state index in [1.54, 1.807) is 37.4 Å². The molecule has 2 rings (SSSR count). The molecule has 0 unspecified atom stereocenters. The van der Waals surface area contributed by atoms with Gasteiger partial charge in [-0.25, -0.2) is 0 Å². The van der Waals surface area contributed by atoms with Gasteiger partial charge in [0.25, 0.3) is 11.8 Å². The average Bonchev–Trinajstić information content (AvgIpc) is 2.67. The topological polar surface area (TPSA) is 95.0 Å². The summed E-state index contributed by atoms with van der Waals surface area (Å²) >= 11 is 5.86. The zero-order valence-electron chi connectivity index (χ0n) is 15.5. The molecule has 2 amide bonds. The molecule has 1 aromatic carbocycles. The highest BCUT2D eigenvalue weighted by atomic mass is 35.5. The number of nitrogens with zero attached hydrogens (tertiary/aromatic N) is 2. The maximum absolute atomic E-state index is 12.7. The van der Waals surface area contributed by atoms with Crippen molar-refractivity contribution in [3.8, 4) is 0 Å². The number of hydrogen-bond acceptors (Lipinski definition) is 5. The number of carbonyl (C=O) groups excluding carboxylic acids is 2. The van der Waals surface area contributed by atoms with Crippen LogP contribution in [0.3, 0.4) is 0 Å². The summed E-state index contributed by atoms with van der Waals surface area (Å²) in [5, 5.41) is 9.52. The van der Waals surface area contributed by atoms with Crippen LogP contribution < -0.4 is 16.0 Å². The lowest BCUT2D eigenvalue weighted by molar-refractivity contribution is -0.115. The molecule has 1 aromatic rings. The van der Waals surface area contributed by atoms with Gasteiger partial charge >= 0.3 is 0 Å². The number of carbonyl (C=O) groups is 2. The zero-order chi connectivity index (χ0) is 19.6.